The molecule has 2 aromatic carbocycles. The summed E-state index contributed by atoms with van der Waals surface area (Å²) in [5.74, 6) is 1.17. The first-order valence-electron chi connectivity index (χ1n) is 8.64. The third-order valence-electron chi connectivity index (χ3n) is 4.13. The zero-order valence-corrected chi connectivity index (χ0v) is 16.5. The SMILES string of the molecule is COc1cccc(-c2noc(C(C)NC(=O)[C@@H](N)Cc3ccccc3)n2)c1.Cl. The molecule has 0 saturated heterocycles. The average molecular weight is 403 g/mol. The van der Waals surface area contributed by atoms with E-state index in [0.29, 0.717) is 23.9 Å². The van der Waals surface area contributed by atoms with Crippen LogP contribution >= 0.6 is 12.4 Å². The fraction of sp³-hybridized carbons (Fsp3) is 0.250. The van der Waals surface area contributed by atoms with E-state index in [9.17, 15) is 4.79 Å². The van der Waals surface area contributed by atoms with Gasteiger partial charge in [0.1, 0.15) is 11.8 Å². The van der Waals surface area contributed by atoms with Gasteiger partial charge in [0.05, 0.1) is 13.2 Å². The number of nitrogens with two attached hydrogens (primary N) is 1. The second kappa shape index (κ2) is 9.87. The molecule has 0 aliphatic heterocycles. The quantitative estimate of drug-likeness (QED) is 0.629. The molecular weight excluding hydrogens is 380 g/mol. The molecule has 8 heteroatoms. The van der Waals surface area contributed by atoms with Crippen LogP contribution in [0.15, 0.2) is 59.1 Å². The number of benzene rings is 2. The number of nitrogens with one attached hydrogen (secondary N) is 1. The van der Waals surface area contributed by atoms with Crippen LogP contribution in [-0.2, 0) is 11.2 Å². The van der Waals surface area contributed by atoms with Gasteiger partial charge in [-0.3, -0.25) is 4.79 Å². The Balaban J connectivity index is 0.00000280. The summed E-state index contributed by atoms with van der Waals surface area (Å²) in [5.41, 5.74) is 7.78. The zero-order valence-electron chi connectivity index (χ0n) is 15.7. The summed E-state index contributed by atoms with van der Waals surface area (Å²) in [6.07, 6.45) is 0.457. The molecule has 3 aromatic rings. The van der Waals surface area contributed by atoms with Gasteiger partial charge in [0, 0.05) is 5.56 Å². The van der Waals surface area contributed by atoms with Crippen LogP contribution in [0.5, 0.6) is 5.75 Å². The summed E-state index contributed by atoms with van der Waals surface area (Å²) in [6.45, 7) is 1.77. The van der Waals surface area contributed by atoms with Crippen molar-refractivity contribution in [2.45, 2.75) is 25.4 Å². The van der Waals surface area contributed by atoms with Gasteiger partial charge in [0.25, 0.3) is 0 Å². The average Bonchev–Trinajstić information content (AvgIpc) is 3.19. The molecule has 0 aliphatic rings. The number of hydrogen-bond donors (Lipinski definition) is 2. The molecule has 1 unspecified atom stereocenters. The molecule has 1 amide bonds. The molecule has 0 spiro atoms. The van der Waals surface area contributed by atoms with E-state index in [-0.39, 0.29) is 18.3 Å². The number of carbonyl (C=O) groups is 1. The first-order valence-corrected chi connectivity index (χ1v) is 8.64. The summed E-state index contributed by atoms with van der Waals surface area (Å²) in [5, 5.41) is 6.80. The number of halogens is 1. The minimum absolute atomic E-state index is 0. The second-order valence-corrected chi connectivity index (χ2v) is 6.21. The summed E-state index contributed by atoms with van der Waals surface area (Å²) in [7, 11) is 1.59. The number of methoxy groups -OCH3 is 1. The number of ether oxygens (including phenoxy) is 1. The fourth-order valence-electron chi connectivity index (χ4n) is 2.63. The van der Waals surface area contributed by atoms with Gasteiger partial charge in [0.2, 0.25) is 17.6 Å². The number of hydrogen-bond acceptors (Lipinski definition) is 6. The van der Waals surface area contributed by atoms with Gasteiger partial charge in [-0.1, -0.05) is 47.6 Å². The van der Waals surface area contributed by atoms with E-state index in [1.54, 1.807) is 14.0 Å². The Morgan fingerprint density at radius 2 is 1.96 bits per heavy atom. The Morgan fingerprint density at radius 3 is 2.68 bits per heavy atom. The van der Waals surface area contributed by atoms with Gasteiger partial charge < -0.3 is 20.3 Å². The lowest BCUT2D eigenvalue weighted by Crippen LogP contribution is -2.43. The summed E-state index contributed by atoms with van der Waals surface area (Å²) in [4.78, 5) is 16.7. The van der Waals surface area contributed by atoms with Crippen molar-refractivity contribution in [3.63, 3.8) is 0 Å². The molecule has 1 aromatic heterocycles. The third-order valence-corrected chi connectivity index (χ3v) is 4.13. The molecule has 0 bridgehead atoms. The standard InChI is InChI=1S/C20H22N4O3.ClH/c1-13(22-19(25)17(21)11-14-7-4-3-5-8-14)20-23-18(24-27-20)15-9-6-10-16(12-15)26-2;/h3-10,12-13,17H,11,21H2,1-2H3,(H,22,25);1H/t13?,17-;/m0./s1. The predicted molar refractivity (Wildman–Crippen MR) is 108 cm³/mol. The molecule has 0 aliphatic carbocycles. The molecule has 7 nitrogen and oxygen atoms in total. The lowest BCUT2D eigenvalue weighted by atomic mass is 10.1. The highest BCUT2D eigenvalue weighted by Gasteiger charge is 2.21. The predicted octanol–water partition coefficient (Wildman–Crippen LogP) is 2.91. The van der Waals surface area contributed by atoms with Crippen LogP contribution in [-0.4, -0.2) is 29.2 Å². The van der Waals surface area contributed by atoms with Crippen molar-refractivity contribution in [1.82, 2.24) is 15.5 Å². The van der Waals surface area contributed by atoms with Crippen molar-refractivity contribution >= 4 is 18.3 Å². The number of nitrogens with zero attached hydrogens (tertiary/aromatic N) is 2. The minimum Gasteiger partial charge on any atom is -0.497 e. The molecule has 3 rings (SSSR count). The largest absolute Gasteiger partial charge is 0.497 e. The number of amides is 1. The lowest BCUT2D eigenvalue weighted by molar-refractivity contribution is -0.123. The number of rotatable bonds is 7. The Morgan fingerprint density at radius 1 is 1.21 bits per heavy atom. The van der Waals surface area contributed by atoms with E-state index in [4.69, 9.17) is 15.0 Å². The van der Waals surface area contributed by atoms with Crippen molar-refractivity contribution in [2.75, 3.05) is 7.11 Å². The van der Waals surface area contributed by atoms with Crippen molar-refractivity contribution < 1.29 is 14.1 Å². The van der Waals surface area contributed by atoms with Gasteiger partial charge in [-0.15, -0.1) is 12.4 Å². The van der Waals surface area contributed by atoms with E-state index < -0.39 is 12.1 Å². The van der Waals surface area contributed by atoms with E-state index in [1.807, 2.05) is 54.6 Å². The van der Waals surface area contributed by atoms with Crippen LogP contribution in [0.25, 0.3) is 11.4 Å². The van der Waals surface area contributed by atoms with E-state index in [0.717, 1.165) is 11.1 Å². The molecule has 0 saturated carbocycles. The zero-order chi connectivity index (χ0) is 19.2. The number of carbonyl (C=O) groups excluding carboxylic acids is 1. The first kappa shape index (κ1) is 21.4. The molecule has 0 fully saturated rings. The Hall–Kier alpha value is -2.90. The second-order valence-electron chi connectivity index (χ2n) is 6.21. The van der Waals surface area contributed by atoms with Crippen LogP contribution in [0.3, 0.4) is 0 Å². The van der Waals surface area contributed by atoms with Crippen LogP contribution < -0.4 is 15.8 Å². The van der Waals surface area contributed by atoms with Crippen LogP contribution in [0.2, 0.25) is 0 Å². The minimum atomic E-state index is -0.657. The van der Waals surface area contributed by atoms with Gasteiger partial charge in [-0.2, -0.15) is 4.98 Å². The Bertz CT molecular complexity index is 901. The van der Waals surface area contributed by atoms with Gasteiger partial charge in [0.15, 0.2) is 0 Å². The molecule has 148 valence electrons. The van der Waals surface area contributed by atoms with E-state index in [1.165, 1.54) is 0 Å². The highest BCUT2D eigenvalue weighted by atomic mass is 35.5. The molecule has 1 heterocycles. The van der Waals surface area contributed by atoms with Crippen LogP contribution in [0.1, 0.15) is 24.4 Å². The first-order chi connectivity index (χ1) is 13.1. The molecule has 0 radical (unpaired) electrons. The van der Waals surface area contributed by atoms with Gasteiger partial charge in [-0.05, 0) is 31.0 Å². The van der Waals surface area contributed by atoms with Crippen molar-refractivity contribution in [3.05, 3.63) is 66.1 Å². The highest BCUT2D eigenvalue weighted by Crippen LogP contribution is 2.22. The topological polar surface area (TPSA) is 103 Å². The van der Waals surface area contributed by atoms with Gasteiger partial charge in [-0.25, -0.2) is 0 Å². The summed E-state index contributed by atoms with van der Waals surface area (Å²) >= 11 is 0. The Kier molecular flexibility index (Phi) is 7.54. The lowest BCUT2D eigenvalue weighted by Gasteiger charge is -2.15. The van der Waals surface area contributed by atoms with Crippen molar-refractivity contribution in [2.24, 2.45) is 5.73 Å². The van der Waals surface area contributed by atoms with Gasteiger partial charge >= 0.3 is 0 Å². The third kappa shape index (κ3) is 5.31. The van der Waals surface area contributed by atoms with Crippen molar-refractivity contribution in [1.29, 1.82) is 0 Å². The maximum absolute atomic E-state index is 12.3. The molecular formula is C20H23ClN4O3. The molecule has 3 N–H and O–H groups in total. The van der Waals surface area contributed by atoms with E-state index >= 15 is 0 Å². The van der Waals surface area contributed by atoms with E-state index in [2.05, 4.69) is 15.5 Å². The van der Waals surface area contributed by atoms with Crippen LogP contribution in [0.4, 0.5) is 0 Å². The molecule has 2 atom stereocenters. The normalized spacial score (nSPS) is 12.5. The van der Waals surface area contributed by atoms with Crippen molar-refractivity contribution in [3.8, 4) is 17.1 Å². The highest BCUT2D eigenvalue weighted by molar-refractivity contribution is 5.85. The van der Waals surface area contributed by atoms with Crippen LogP contribution in [0, 0.1) is 0 Å². The Labute approximate surface area is 169 Å². The maximum atomic E-state index is 12.3. The smallest absolute Gasteiger partial charge is 0.249 e. The molecule has 28 heavy (non-hydrogen) atoms. The maximum Gasteiger partial charge on any atom is 0.249 e. The number of aromatic nitrogens is 2. The monoisotopic (exact) mass is 402 g/mol. The fourth-order valence-corrected chi connectivity index (χ4v) is 2.63. The summed E-state index contributed by atoms with van der Waals surface area (Å²) < 4.78 is 10.5. The summed E-state index contributed by atoms with van der Waals surface area (Å²) in [6, 6.07) is 15.9.